The minimum atomic E-state index is 0.361. The van der Waals surface area contributed by atoms with Crippen LogP contribution in [0.2, 0.25) is 0 Å². The summed E-state index contributed by atoms with van der Waals surface area (Å²) in [7, 11) is 0. The zero-order valence-electron chi connectivity index (χ0n) is 11.6. The lowest BCUT2D eigenvalue weighted by Gasteiger charge is -2.30. The zero-order chi connectivity index (χ0) is 12.6. The summed E-state index contributed by atoms with van der Waals surface area (Å²) in [6.07, 6.45) is 8.59. The lowest BCUT2D eigenvalue weighted by Crippen LogP contribution is -2.41. The maximum Gasteiger partial charge on any atom is 0.226 e. The molecule has 0 aromatic carbocycles. The third-order valence-electron chi connectivity index (χ3n) is 5.42. The highest BCUT2D eigenvalue weighted by molar-refractivity contribution is 5.83. The fraction of sp³-hybridized carbons (Fsp3) is 0.933. The molecule has 1 N–H and O–H groups in total. The number of likely N-dealkylation sites (tertiary alicyclic amines) is 1. The molecule has 2 saturated heterocycles. The van der Waals surface area contributed by atoms with Gasteiger partial charge in [0.2, 0.25) is 5.91 Å². The highest BCUT2D eigenvalue weighted by Gasteiger charge is 2.58. The van der Waals surface area contributed by atoms with E-state index in [-0.39, 0.29) is 0 Å². The van der Waals surface area contributed by atoms with Gasteiger partial charge in [-0.1, -0.05) is 12.8 Å². The molecule has 3 aliphatic rings. The van der Waals surface area contributed by atoms with Gasteiger partial charge in [-0.3, -0.25) is 4.79 Å². The number of carbonyl (C=O) groups excluding carboxylic acids is 1. The van der Waals surface area contributed by atoms with Crippen LogP contribution in [0.15, 0.2) is 0 Å². The molecule has 3 rings (SSSR count). The molecule has 2 aliphatic heterocycles. The van der Waals surface area contributed by atoms with E-state index in [0.29, 0.717) is 23.3 Å². The van der Waals surface area contributed by atoms with Crippen molar-refractivity contribution in [3.63, 3.8) is 0 Å². The van der Waals surface area contributed by atoms with E-state index in [1.54, 1.807) is 0 Å². The first-order chi connectivity index (χ1) is 8.73. The van der Waals surface area contributed by atoms with Crippen LogP contribution in [0, 0.1) is 11.3 Å². The first kappa shape index (κ1) is 12.5. The minimum Gasteiger partial charge on any atom is -0.340 e. The molecule has 3 nitrogen and oxygen atoms in total. The molecule has 1 amide bonds. The second-order valence-corrected chi connectivity index (χ2v) is 6.60. The van der Waals surface area contributed by atoms with Crippen LogP contribution < -0.4 is 5.32 Å². The fourth-order valence-corrected chi connectivity index (χ4v) is 3.98. The summed E-state index contributed by atoms with van der Waals surface area (Å²) in [6.45, 7) is 5.46. The average molecular weight is 250 g/mol. The highest BCUT2D eigenvalue weighted by Crippen LogP contribution is 2.59. The molecule has 1 saturated carbocycles. The van der Waals surface area contributed by atoms with Crippen LogP contribution in [-0.4, -0.2) is 36.5 Å². The van der Waals surface area contributed by atoms with Crippen LogP contribution in [0.1, 0.15) is 51.9 Å². The van der Waals surface area contributed by atoms with Gasteiger partial charge in [0.05, 0.1) is 0 Å². The summed E-state index contributed by atoms with van der Waals surface area (Å²) in [5.41, 5.74) is 0.397. The van der Waals surface area contributed by atoms with Gasteiger partial charge in [0.1, 0.15) is 0 Å². The van der Waals surface area contributed by atoms with E-state index < -0.39 is 0 Å². The van der Waals surface area contributed by atoms with E-state index in [2.05, 4.69) is 17.1 Å². The Bertz CT molecular complexity index is 322. The van der Waals surface area contributed by atoms with Crippen LogP contribution in [0.3, 0.4) is 0 Å². The molecule has 0 bridgehead atoms. The molecule has 1 aliphatic carbocycles. The molecule has 2 atom stereocenters. The standard InChI is InChI=1S/C15H26N2O/c1-12-5-3-2-4-10-17(12)14(18)13-11-15(13)6-8-16-9-7-15/h12-13,16H,2-11H2,1H3. The maximum atomic E-state index is 12.7. The molecule has 0 radical (unpaired) electrons. The van der Waals surface area contributed by atoms with Gasteiger partial charge in [0.15, 0.2) is 0 Å². The van der Waals surface area contributed by atoms with E-state index in [4.69, 9.17) is 0 Å². The number of carbonyl (C=O) groups is 1. The van der Waals surface area contributed by atoms with E-state index in [0.717, 1.165) is 26.1 Å². The van der Waals surface area contributed by atoms with Crippen molar-refractivity contribution in [2.45, 2.75) is 57.9 Å². The van der Waals surface area contributed by atoms with Gasteiger partial charge in [-0.05, 0) is 57.5 Å². The summed E-state index contributed by atoms with van der Waals surface area (Å²) in [5, 5.41) is 3.41. The van der Waals surface area contributed by atoms with Gasteiger partial charge in [-0.25, -0.2) is 0 Å². The topological polar surface area (TPSA) is 32.3 Å². The summed E-state index contributed by atoms with van der Waals surface area (Å²) in [5.74, 6) is 0.839. The lowest BCUT2D eigenvalue weighted by molar-refractivity contribution is -0.135. The monoisotopic (exact) mass is 250 g/mol. The van der Waals surface area contributed by atoms with E-state index in [9.17, 15) is 4.79 Å². The minimum absolute atomic E-state index is 0.361. The molecular weight excluding hydrogens is 224 g/mol. The van der Waals surface area contributed by atoms with Crippen LogP contribution in [-0.2, 0) is 4.79 Å². The van der Waals surface area contributed by atoms with Gasteiger partial charge in [0, 0.05) is 18.5 Å². The van der Waals surface area contributed by atoms with Crippen LogP contribution >= 0.6 is 0 Å². The van der Waals surface area contributed by atoms with Crippen molar-refractivity contribution in [3.05, 3.63) is 0 Å². The number of amides is 1. The predicted molar refractivity (Wildman–Crippen MR) is 72.3 cm³/mol. The van der Waals surface area contributed by atoms with Crippen LogP contribution in [0.4, 0.5) is 0 Å². The van der Waals surface area contributed by atoms with Crippen molar-refractivity contribution in [1.29, 1.82) is 0 Å². The average Bonchev–Trinajstić information content (AvgIpc) is 3.11. The third kappa shape index (κ3) is 2.18. The number of nitrogens with zero attached hydrogens (tertiary/aromatic N) is 1. The first-order valence-electron chi connectivity index (χ1n) is 7.74. The Morgan fingerprint density at radius 2 is 2.00 bits per heavy atom. The Balaban J connectivity index is 1.64. The van der Waals surface area contributed by atoms with Crippen molar-refractivity contribution in [3.8, 4) is 0 Å². The zero-order valence-corrected chi connectivity index (χ0v) is 11.6. The van der Waals surface area contributed by atoms with Gasteiger partial charge in [0.25, 0.3) is 0 Å². The summed E-state index contributed by atoms with van der Waals surface area (Å²) in [4.78, 5) is 14.9. The number of hydrogen-bond donors (Lipinski definition) is 1. The fourth-order valence-electron chi connectivity index (χ4n) is 3.98. The predicted octanol–water partition coefficient (Wildman–Crippen LogP) is 2.17. The third-order valence-corrected chi connectivity index (χ3v) is 5.42. The van der Waals surface area contributed by atoms with Gasteiger partial charge in [-0.15, -0.1) is 0 Å². The van der Waals surface area contributed by atoms with E-state index >= 15 is 0 Å². The quantitative estimate of drug-likeness (QED) is 0.773. The largest absolute Gasteiger partial charge is 0.340 e. The molecule has 1 spiro atoms. The van der Waals surface area contributed by atoms with Gasteiger partial charge < -0.3 is 10.2 Å². The molecule has 2 heterocycles. The normalized spacial score (nSPS) is 35.3. The number of hydrogen-bond acceptors (Lipinski definition) is 2. The second-order valence-electron chi connectivity index (χ2n) is 6.60. The molecule has 0 aromatic rings. The molecule has 18 heavy (non-hydrogen) atoms. The van der Waals surface area contributed by atoms with Crippen molar-refractivity contribution in [1.82, 2.24) is 10.2 Å². The van der Waals surface area contributed by atoms with Crippen LogP contribution in [0.25, 0.3) is 0 Å². The maximum absolute atomic E-state index is 12.7. The lowest BCUT2D eigenvalue weighted by atomic mass is 9.91. The Kier molecular flexibility index (Phi) is 3.35. The molecule has 0 aromatic heterocycles. The Morgan fingerprint density at radius 3 is 2.78 bits per heavy atom. The molecule has 102 valence electrons. The van der Waals surface area contributed by atoms with E-state index in [1.807, 2.05) is 0 Å². The Labute approximate surface area is 110 Å². The molecule has 3 fully saturated rings. The summed E-state index contributed by atoms with van der Waals surface area (Å²) >= 11 is 0. The summed E-state index contributed by atoms with van der Waals surface area (Å²) < 4.78 is 0. The second kappa shape index (κ2) is 4.84. The van der Waals surface area contributed by atoms with E-state index in [1.165, 1.54) is 38.5 Å². The van der Waals surface area contributed by atoms with Gasteiger partial charge >= 0.3 is 0 Å². The smallest absolute Gasteiger partial charge is 0.226 e. The molecule has 3 heteroatoms. The van der Waals surface area contributed by atoms with Crippen molar-refractivity contribution >= 4 is 5.91 Å². The summed E-state index contributed by atoms with van der Waals surface area (Å²) in [6, 6.07) is 0.472. The SMILES string of the molecule is CC1CCCCCN1C(=O)C1CC12CCNCC2. The Morgan fingerprint density at radius 1 is 1.22 bits per heavy atom. The van der Waals surface area contributed by atoms with Crippen molar-refractivity contribution in [2.24, 2.45) is 11.3 Å². The first-order valence-corrected chi connectivity index (χ1v) is 7.74. The number of piperidine rings is 1. The Hall–Kier alpha value is -0.570. The van der Waals surface area contributed by atoms with Crippen molar-refractivity contribution < 1.29 is 4.79 Å². The molecular formula is C15H26N2O. The highest BCUT2D eigenvalue weighted by atomic mass is 16.2. The van der Waals surface area contributed by atoms with Crippen molar-refractivity contribution in [2.75, 3.05) is 19.6 Å². The van der Waals surface area contributed by atoms with Gasteiger partial charge in [-0.2, -0.15) is 0 Å². The number of nitrogens with one attached hydrogen (secondary N) is 1. The van der Waals surface area contributed by atoms with Crippen LogP contribution in [0.5, 0.6) is 0 Å². The molecule has 2 unspecified atom stereocenters. The number of rotatable bonds is 1.